The van der Waals surface area contributed by atoms with Crippen molar-refractivity contribution in [3.63, 3.8) is 0 Å². The van der Waals surface area contributed by atoms with Gasteiger partial charge in [-0.1, -0.05) is 29.3 Å². The van der Waals surface area contributed by atoms with Crippen molar-refractivity contribution in [1.82, 2.24) is 4.98 Å². The quantitative estimate of drug-likeness (QED) is 0.565. The number of nitrogens with zero attached hydrogens (tertiary/aromatic N) is 1. The van der Waals surface area contributed by atoms with Crippen LogP contribution >= 0.6 is 23.2 Å². The lowest BCUT2D eigenvalue weighted by atomic mass is 10.2. The highest BCUT2D eigenvalue weighted by Crippen LogP contribution is 2.24. The van der Waals surface area contributed by atoms with Gasteiger partial charge in [0.15, 0.2) is 0 Å². The second-order valence-corrected chi connectivity index (χ2v) is 8.39. The summed E-state index contributed by atoms with van der Waals surface area (Å²) in [7, 11) is -3.86. The minimum absolute atomic E-state index is 0.0504. The van der Waals surface area contributed by atoms with E-state index in [0.717, 1.165) is 0 Å². The van der Waals surface area contributed by atoms with Crippen molar-refractivity contribution in [2.75, 3.05) is 10.0 Å². The Morgan fingerprint density at radius 3 is 2.29 bits per heavy atom. The molecule has 3 rings (SSSR count). The van der Waals surface area contributed by atoms with Gasteiger partial charge in [-0.05, 0) is 61.0 Å². The van der Waals surface area contributed by atoms with Crippen LogP contribution in [0.2, 0.25) is 10.2 Å². The molecule has 144 valence electrons. The van der Waals surface area contributed by atoms with Crippen LogP contribution in [0.15, 0.2) is 65.7 Å². The predicted octanol–water partition coefficient (Wildman–Crippen LogP) is 4.75. The van der Waals surface area contributed by atoms with E-state index in [1.165, 1.54) is 24.4 Å². The molecule has 6 nitrogen and oxygen atoms in total. The number of carbonyl (C=O) groups excluding carboxylic acids is 1. The zero-order chi connectivity index (χ0) is 20.3. The van der Waals surface area contributed by atoms with Gasteiger partial charge in [0.25, 0.3) is 15.9 Å². The summed E-state index contributed by atoms with van der Waals surface area (Å²) in [4.78, 5) is 16.2. The van der Waals surface area contributed by atoms with Gasteiger partial charge < -0.3 is 5.32 Å². The number of amides is 1. The van der Waals surface area contributed by atoms with E-state index in [4.69, 9.17) is 23.2 Å². The minimum Gasteiger partial charge on any atom is -0.322 e. The van der Waals surface area contributed by atoms with Gasteiger partial charge in [0.1, 0.15) is 5.15 Å². The highest BCUT2D eigenvalue weighted by atomic mass is 35.5. The summed E-state index contributed by atoms with van der Waals surface area (Å²) < 4.78 is 28.0. The molecule has 0 spiro atoms. The van der Waals surface area contributed by atoms with Crippen molar-refractivity contribution >= 4 is 50.5 Å². The molecule has 0 unspecified atom stereocenters. The molecular formula is C19H15Cl2N3O3S. The first kappa shape index (κ1) is 20.1. The van der Waals surface area contributed by atoms with Crippen molar-refractivity contribution in [2.24, 2.45) is 0 Å². The van der Waals surface area contributed by atoms with Crippen LogP contribution in [0.5, 0.6) is 0 Å². The summed E-state index contributed by atoms with van der Waals surface area (Å²) >= 11 is 11.5. The van der Waals surface area contributed by atoms with E-state index in [1.807, 2.05) is 0 Å². The van der Waals surface area contributed by atoms with Gasteiger partial charge in [-0.3, -0.25) is 9.52 Å². The summed E-state index contributed by atoms with van der Waals surface area (Å²) in [6.07, 6.45) is 1.34. The van der Waals surface area contributed by atoms with Gasteiger partial charge in [0, 0.05) is 22.6 Å². The Morgan fingerprint density at radius 2 is 1.64 bits per heavy atom. The van der Waals surface area contributed by atoms with E-state index >= 15 is 0 Å². The zero-order valence-corrected chi connectivity index (χ0v) is 16.9. The van der Waals surface area contributed by atoms with Crippen molar-refractivity contribution < 1.29 is 13.2 Å². The van der Waals surface area contributed by atoms with E-state index in [9.17, 15) is 13.2 Å². The van der Waals surface area contributed by atoms with Crippen molar-refractivity contribution in [2.45, 2.75) is 11.8 Å². The summed E-state index contributed by atoms with van der Waals surface area (Å²) in [6, 6.07) is 14.0. The fourth-order valence-electron chi connectivity index (χ4n) is 2.41. The Balaban J connectivity index is 1.85. The molecular weight excluding hydrogens is 421 g/mol. The molecule has 0 bridgehead atoms. The van der Waals surface area contributed by atoms with Crippen LogP contribution in [-0.2, 0) is 10.0 Å². The third kappa shape index (κ3) is 4.81. The topological polar surface area (TPSA) is 88.2 Å². The number of rotatable bonds is 5. The number of halogens is 2. The smallest absolute Gasteiger partial charge is 0.262 e. The maximum atomic E-state index is 12.8. The standard InChI is InChI=1S/C19H15Cl2N3O3S/c1-12-2-6-16(23-19(25)13-3-9-18(21)22-11-13)10-17(12)28(26,27)24-15-7-4-14(20)5-8-15/h2-11,24H,1H3,(H,23,25). The third-order valence-corrected chi connectivity index (χ3v) is 5.82. The van der Waals surface area contributed by atoms with Crippen molar-refractivity contribution in [3.05, 3.63) is 82.1 Å². The van der Waals surface area contributed by atoms with Gasteiger partial charge in [-0.25, -0.2) is 13.4 Å². The molecule has 3 aromatic rings. The molecule has 28 heavy (non-hydrogen) atoms. The number of benzene rings is 2. The Hall–Kier alpha value is -2.61. The molecule has 1 heterocycles. The Morgan fingerprint density at radius 1 is 0.964 bits per heavy atom. The van der Waals surface area contributed by atoms with E-state index < -0.39 is 15.9 Å². The van der Waals surface area contributed by atoms with Gasteiger partial charge in [-0.2, -0.15) is 0 Å². The van der Waals surface area contributed by atoms with E-state index in [2.05, 4.69) is 15.0 Å². The first-order valence-corrected chi connectivity index (χ1v) is 10.3. The fraction of sp³-hybridized carbons (Fsp3) is 0.0526. The Kier molecular flexibility index (Phi) is 5.88. The van der Waals surface area contributed by atoms with Crippen LogP contribution in [0.25, 0.3) is 0 Å². The fourth-order valence-corrected chi connectivity index (χ4v) is 3.98. The van der Waals surface area contributed by atoms with E-state index in [1.54, 1.807) is 43.3 Å². The minimum atomic E-state index is -3.86. The molecule has 0 aliphatic rings. The maximum Gasteiger partial charge on any atom is 0.262 e. The van der Waals surface area contributed by atoms with Crippen LogP contribution in [0, 0.1) is 6.92 Å². The van der Waals surface area contributed by atoms with E-state index in [-0.39, 0.29) is 10.0 Å². The average molecular weight is 436 g/mol. The second kappa shape index (κ2) is 8.18. The molecule has 1 amide bonds. The Labute approximate surface area is 172 Å². The highest BCUT2D eigenvalue weighted by Gasteiger charge is 2.18. The number of aryl methyl sites for hydroxylation is 1. The molecule has 0 radical (unpaired) electrons. The molecule has 0 saturated carbocycles. The number of aromatic nitrogens is 1. The monoisotopic (exact) mass is 435 g/mol. The van der Waals surface area contributed by atoms with Crippen LogP contribution in [0.3, 0.4) is 0 Å². The summed E-state index contributed by atoms with van der Waals surface area (Å²) in [5.41, 5.74) is 1.55. The molecule has 0 aliphatic heterocycles. The predicted molar refractivity (Wildman–Crippen MR) is 111 cm³/mol. The number of anilines is 2. The average Bonchev–Trinajstić information content (AvgIpc) is 2.65. The van der Waals surface area contributed by atoms with Gasteiger partial charge in [0.05, 0.1) is 10.5 Å². The van der Waals surface area contributed by atoms with Crippen LogP contribution in [0.4, 0.5) is 11.4 Å². The van der Waals surface area contributed by atoms with E-state index in [0.29, 0.717) is 27.5 Å². The number of hydrogen-bond donors (Lipinski definition) is 2. The zero-order valence-electron chi connectivity index (χ0n) is 14.6. The number of hydrogen-bond acceptors (Lipinski definition) is 4. The first-order chi connectivity index (χ1) is 13.2. The van der Waals surface area contributed by atoms with Gasteiger partial charge in [0.2, 0.25) is 0 Å². The Bertz CT molecular complexity index is 1120. The van der Waals surface area contributed by atoms with Crippen LogP contribution in [-0.4, -0.2) is 19.3 Å². The lowest BCUT2D eigenvalue weighted by Gasteiger charge is -2.13. The van der Waals surface area contributed by atoms with Crippen LogP contribution < -0.4 is 10.0 Å². The number of pyridine rings is 1. The molecule has 0 aliphatic carbocycles. The normalized spacial score (nSPS) is 11.1. The number of nitrogens with one attached hydrogen (secondary N) is 2. The van der Waals surface area contributed by atoms with Crippen molar-refractivity contribution in [3.8, 4) is 0 Å². The summed E-state index contributed by atoms with van der Waals surface area (Å²) in [5, 5.41) is 3.43. The van der Waals surface area contributed by atoms with Crippen molar-refractivity contribution in [1.29, 1.82) is 0 Å². The van der Waals surface area contributed by atoms with Gasteiger partial charge >= 0.3 is 0 Å². The molecule has 9 heteroatoms. The SMILES string of the molecule is Cc1ccc(NC(=O)c2ccc(Cl)nc2)cc1S(=O)(=O)Nc1ccc(Cl)cc1. The lowest BCUT2D eigenvalue weighted by molar-refractivity contribution is 0.102. The summed E-state index contributed by atoms with van der Waals surface area (Å²) in [5.74, 6) is -0.429. The molecule has 2 N–H and O–H groups in total. The van der Waals surface area contributed by atoms with Crippen LogP contribution in [0.1, 0.15) is 15.9 Å². The second-order valence-electron chi connectivity index (χ2n) is 5.92. The lowest BCUT2D eigenvalue weighted by Crippen LogP contribution is -2.16. The molecule has 1 aromatic heterocycles. The number of sulfonamides is 1. The largest absolute Gasteiger partial charge is 0.322 e. The highest BCUT2D eigenvalue weighted by molar-refractivity contribution is 7.92. The maximum absolute atomic E-state index is 12.8. The van der Waals surface area contributed by atoms with Gasteiger partial charge in [-0.15, -0.1) is 0 Å². The molecule has 2 aromatic carbocycles. The molecule has 0 atom stereocenters. The molecule has 0 fully saturated rings. The summed E-state index contributed by atoms with van der Waals surface area (Å²) in [6.45, 7) is 1.67. The third-order valence-electron chi connectivity index (χ3n) is 3.82. The molecule has 0 saturated heterocycles. The number of carbonyl (C=O) groups is 1. The first-order valence-electron chi connectivity index (χ1n) is 8.06.